The van der Waals surface area contributed by atoms with E-state index in [1.54, 1.807) is 0 Å². The van der Waals surface area contributed by atoms with Gasteiger partial charge in [0, 0.05) is 25.0 Å². The lowest BCUT2D eigenvalue weighted by molar-refractivity contribution is 0.675. The van der Waals surface area contributed by atoms with Crippen LogP contribution in [0.2, 0.25) is 0 Å². The second kappa shape index (κ2) is 19.1. The maximum absolute atomic E-state index is 3.20. The second-order valence-corrected chi connectivity index (χ2v) is 10.2. The molecule has 0 rings (SSSR count). The summed E-state index contributed by atoms with van der Waals surface area (Å²) in [4.78, 5) is 0. The Bertz CT molecular complexity index is 334. The predicted octanol–water partition coefficient (Wildman–Crippen LogP) is 6.99. The van der Waals surface area contributed by atoms with Crippen LogP contribution < -0.4 is 0 Å². The lowest BCUT2D eigenvalue weighted by Gasteiger charge is -1.99. The first kappa shape index (κ1) is 26.1. The van der Waals surface area contributed by atoms with Crippen LogP contribution in [0, 0.1) is 41.4 Å². The Kier molecular flexibility index (Phi) is 20.8. The fraction of sp³-hybridized carbons (Fsp3) is 0.818. The van der Waals surface area contributed by atoms with E-state index in [1.807, 2.05) is 23.5 Å². The van der Waals surface area contributed by atoms with Gasteiger partial charge in [-0.3, -0.25) is 0 Å². The van der Waals surface area contributed by atoms with Crippen molar-refractivity contribution in [2.75, 3.05) is 17.3 Å². The van der Waals surface area contributed by atoms with Crippen molar-refractivity contribution in [3.63, 3.8) is 0 Å². The molecule has 0 atom stereocenters. The topological polar surface area (TPSA) is 0 Å². The second-order valence-electron chi connectivity index (χ2n) is 7.48. The summed E-state index contributed by atoms with van der Waals surface area (Å²) in [6.07, 6.45) is 3.14. The first-order valence-electron chi connectivity index (χ1n) is 9.36. The smallest absolute Gasteiger partial charge is 0.0547 e. The van der Waals surface area contributed by atoms with E-state index in [2.05, 4.69) is 79.1 Å². The molecule has 0 bridgehead atoms. The van der Waals surface area contributed by atoms with Crippen LogP contribution in [0.3, 0.4) is 0 Å². The zero-order chi connectivity index (χ0) is 18.8. The molecule has 0 radical (unpaired) electrons. The summed E-state index contributed by atoms with van der Waals surface area (Å²) in [7, 11) is 0. The molecule has 0 aliphatic rings. The van der Waals surface area contributed by atoms with Gasteiger partial charge in [0.15, 0.2) is 0 Å². The summed E-state index contributed by atoms with van der Waals surface area (Å²) in [5.41, 5.74) is 0. The number of hydrogen-bond donors (Lipinski definition) is 0. The number of thioether (sulfide) groups is 2. The molecule has 0 aromatic heterocycles. The van der Waals surface area contributed by atoms with Crippen LogP contribution in [0.15, 0.2) is 0 Å². The summed E-state index contributed by atoms with van der Waals surface area (Å²) in [6, 6.07) is 0. The summed E-state index contributed by atoms with van der Waals surface area (Å²) in [6.45, 7) is 17.8. The molecular weight excluding hydrogens is 328 g/mol. The highest BCUT2D eigenvalue weighted by Crippen LogP contribution is 2.09. The molecule has 0 heterocycles. The fourth-order valence-corrected chi connectivity index (χ4v) is 2.87. The Morgan fingerprint density at radius 2 is 1.21 bits per heavy atom. The highest BCUT2D eigenvalue weighted by Gasteiger charge is 1.92. The minimum Gasteiger partial charge on any atom is -0.158 e. The van der Waals surface area contributed by atoms with Gasteiger partial charge in [0.1, 0.15) is 0 Å². The van der Waals surface area contributed by atoms with Crippen molar-refractivity contribution in [1.82, 2.24) is 0 Å². The zero-order valence-electron chi connectivity index (χ0n) is 17.4. The van der Waals surface area contributed by atoms with E-state index < -0.39 is 0 Å². The molecule has 0 fully saturated rings. The van der Waals surface area contributed by atoms with Gasteiger partial charge in [-0.25, -0.2) is 0 Å². The minimum atomic E-state index is 0.715. The monoisotopic (exact) mass is 368 g/mol. The van der Waals surface area contributed by atoms with Gasteiger partial charge < -0.3 is 0 Å². The van der Waals surface area contributed by atoms with Crippen LogP contribution in [0.4, 0.5) is 0 Å². The van der Waals surface area contributed by atoms with Crippen molar-refractivity contribution < 1.29 is 0 Å². The molecule has 0 aliphatic carbocycles. The molecular formula is C22H40S2. The molecule has 140 valence electrons. The molecule has 0 amide bonds. The van der Waals surface area contributed by atoms with Crippen LogP contribution in [-0.2, 0) is 0 Å². The zero-order valence-corrected chi connectivity index (χ0v) is 19.0. The van der Waals surface area contributed by atoms with Crippen LogP contribution in [0.5, 0.6) is 0 Å². The summed E-state index contributed by atoms with van der Waals surface area (Å²) in [5.74, 6) is 18.4. The van der Waals surface area contributed by atoms with Gasteiger partial charge in [0.25, 0.3) is 0 Å². The SMILES string of the molecule is CC(C)CC#CCCSC(C)C.CC(C)CC#CCSCC(C)C. The molecule has 0 unspecified atom stereocenters. The predicted molar refractivity (Wildman–Crippen MR) is 119 cm³/mol. The van der Waals surface area contributed by atoms with E-state index in [1.165, 1.54) is 11.5 Å². The van der Waals surface area contributed by atoms with Crippen molar-refractivity contribution in [3.8, 4) is 23.7 Å². The van der Waals surface area contributed by atoms with Crippen LogP contribution in [0.25, 0.3) is 0 Å². The van der Waals surface area contributed by atoms with Crippen LogP contribution in [0.1, 0.15) is 74.7 Å². The van der Waals surface area contributed by atoms with Gasteiger partial charge in [-0.2, -0.15) is 11.8 Å². The standard InChI is InChI=1S/2C11H20S/c1-10(2)7-5-6-8-12-9-11(3)4;1-10(2)8-6-5-7-9-12-11(3)4/h2*10-11H,7-9H2,1-4H3. The quantitative estimate of drug-likeness (QED) is 0.334. The first-order valence-corrected chi connectivity index (χ1v) is 11.6. The molecule has 24 heavy (non-hydrogen) atoms. The highest BCUT2D eigenvalue weighted by molar-refractivity contribution is 7.99. The average molecular weight is 369 g/mol. The molecule has 0 saturated heterocycles. The van der Waals surface area contributed by atoms with Crippen molar-refractivity contribution in [2.24, 2.45) is 17.8 Å². The van der Waals surface area contributed by atoms with E-state index in [0.717, 1.165) is 42.1 Å². The van der Waals surface area contributed by atoms with Crippen molar-refractivity contribution >= 4 is 23.5 Å². The van der Waals surface area contributed by atoms with Crippen molar-refractivity contribution in [3.05, 3.63) is 0 Å². The third kappa shape index (κ3) is 29.8. The van der Waals surface area contributed by atoms with E-state index in [9.17, 15) is 0 Å². The van der Waals surface area contributed by atoms with Crippen molar-refractivity contribution in [2.45, 2.75) is 79.9 Å². The number of rotatable bonds is 8. The van der Waals surface area contributed by atoms with Gasteiger partial charge in [-0.15, -0.1) is 29.5 Å². The van der Waals surface area contributed by atoms with E-state index in [0.29, 0.717) is 5.92 Å². The minimum absolute atomic E-state index is 0.715. The van der Waals surface area contributed by atoms with E-state index in [4.69, 9.17) is 0 Å². The summed E-state index contributed by atoms with van der Waals surface area (Å²) >= 11 is 3.93. The Labute approximate surface area is 162 Å². The molecule has 0 aromatic rings. The molecule has 0 aliphatic heterocycles. The maximum Gasteiger partial charge on any atom is 0.0547 e. The Balaban J connectivity index is 0. The van der Waals surface area contributed by atoms with Gasteiger partial charge in [0.2, 0.25) is 0 Å². The van der Waals surface area contributed by atoms with Gasteiger partial charge in [0.05, 0.1) is 5.75 Å². The Hall–Kier alpha value is -0.180. The molecule has 0 spiro atoms. The molecule has 0 N–H and O–H groups in total. The van der Waals surface area contributed by atoms with E-state index >= 15 is 0 Å². The van der Waals surface area contributed by atoms with Gasteiger partial charge in [-0.05, 0) is 28.8 Å². The fourth-order valence-electron chi connectivity index (χ4n) is 1.38. The average Bonchev–Trinajstić information content (AvgIpc) is 2.46. The third-order valence-corrected chi connectivity index (χ3v) is 4.93. The van der Waals surface area contributed by atoms with E-state index in [-0.39, 0.29) is 0 Å². The van der Waals surface area contributed by atoms with Gasteiger partial charge in [-0.1, -0.05) is 61.3 Å². The van der Waals surface area contributed by atoms with Gasteiger partial charge >= 0.3 is 0 Å². The normalized spacial score (nSPS) is 10.2. The third-order valence-electron chi connectivity index (χ3n) is 2.57. The Morgan fingerprint density at radius 1 is 0.667 bits per heavy atom. The first-order chi connectivity index (χ1) is 11.3. The summed E-state index contributed by atoms with van der Waals surface area (Å²) < 4.78 is 0. The highest BCUT2D eigenvalue weighted by atomic mass is 32.2. The lowest BCUT2D eigenvalue weighted by Crippen LogP contribution is -1.90. The molecule has 0 nitrogen and oxygen atoms in total. The Morgan fingerprint density at radius 3 is 1.67 bits per heavy atom. The molecule has 0 aromatic carbocycles. The summed E-state index contributed by atoms with van der Waals surface area (Å²) in [5, 5.41) is 0.747. The molecule has 0 saturated carbocycles. The lowest BCUT2D eigenvalue weighted by atomic mass is 10.1. The number of hydrogen-bond acceptors (Lipinski definition) is 2. The maximum atomic E-state index is 3.20. The molecule has 2 heteroatoms. The van der Waals surface area contributed by atoms with Crippen LogP contribution >= 0.6 is 23.5 Å². The van der Waals surface area contributed by atoms with Crippen LogP contribution in [-0.4, -0.2) is 22.5 Å². The largest absolute Gasteiger partial charge is 0.158 e. The van der Waals surface area contributed by atoms with Crippen molar-refractivity contribution in [1.29, 1.82) is 0 Å².